The SMILES string of the molecule is CC1CCCN(CCNS(=O)(=O)c2ccc(Br)s2)C1. The zero-order chi connectivity index (χ0) is 13.9. The molecule has 108 valence electrons. The van der Waals surface area contributed by atoms with Crippen molar-refractivity contribution in [1.29, 1.82) is 0 Å². The summed E-state index contributed by atoms with van der Waals surface area (Å²) in [7, 11) is -3.34. The quantitative estimate of drug-likeness (QED) is 0.870. The third kappa shape index (κ3) is 4.53. The van der Waals surface area contributed by atoms with Crippen molar-refractivity contribution >= 4 is 37.3 Å². The van der Waals surface area contributed by atoms with E-state index in [-0.39, 0.29) is 0 Å². The molecule has 1 aliphatic rings. The number of piperidine rings is 1. The standard InChI is InChI=1S/C12H19BrN2O2S2/c1-10-3-2-7-15(9-10)8-6-14-19(16,17)12-5-4-11(13)18-12/h4-5,10,14H,2-3,6-9H2,1H3. The number of sulfonamides is 1. The van der Waals surface area contributed by atoms with E-state index in [0.717, 1.165) is 29.3 Å². The maximum absolute atomic E-state index is 12.0. The number of rotatable bonds is 5. The Bertz CT molecular complexity index is 516. The molecule has 4 nitrogen and oxygen atoms in total. The van der Waals surface area contributed by atoms with Gasteiger partial charge in [0.1, 0.15) is 4.21 Å². The highest BCUT2D eigenvalue weighted by Gasteiger charge is 2.18. The molecule has 1 saturated heterocycles. The lowest BCUT2D eigenvalue weighted by Gasteiger charge is -2.30. The van der Waals surface area contributed by atoms with Gasteiger partial charge in [-0.3, -0.25) is 0 Å². The Morgan fingerprint density at radius 2 is 2.32 bits per heavy atom. The van der Waals surface area contributed by atoms with Gasteiger partial charge < -0.3 is 4.90 Å². The molecule has 0 aromatic carbocycles. The second-order valence-corrected chi connectivity index (χ2v) is 9.46. The number of hydrogen-bond acceptors (Lipinski definition) is 4. The fraction of sp³-hybridized carbons (Fsp3) is 0.667. The van der Waals surface area contributed by atoms with Crippen LogP contribution in [0.25, 0.3) is 0 Å². The highest BCUT2D eigenvalue weighted by molar-refractivity contribution is 9.11. The third-order valence-corrected chi connectivity index (χ3v) is 6.85. The monoisotopic (exact) mass is 366 g/mol. The summed E-state index contributed by atoms with van der Waals surface area (Å²) in [6.45, 7) is 5.67. The van der Waals surface area contributed by atoms with Crippen molar-refractivity contribution in [2.75, 3.05) is 26.2 Å². The minimum Gasteiger partial charge on any atom is -0.302 e. The summed E-state index contributed by atoms with van der Waals surface area (Å²) in [6, 6.07) is 3.38. The van der Waals surface area contributed by atoms with E-state index >= 15 is 0 Å². The zero-order valence-electron chi connectivity index (χ0n) is 10.9. The van der Waals surface area contributed by atoms with Gasteiger partial charge in [-0.2, -0.15) is 0 Å². The second-order valence-electron chi connectivity index (χ2n) is 5.00. The Hall–Kier alpha value is 0.0500. The largest absolute Gasteiger partial charge is 0.302 e. The van der Waals surface area contributed by atoms with E-state index in [1.807, 2.05) is 0 Å². The van der Waals surface area contributed by atoms with Gasteiger partial charge in [0, 0.05) is 19.6 Å². The molecule has 1 unspecified atom stereocenters. The molecule has 0 spiro atoms. The van der Waals surface area contributed by atoms with E-state index in [4.69, 9.17) is 0 Å². The Labute approximate surface area is 127 Å². The molecule has 0 saturated carbocycles. The highest BCUT2D eigenvalue weighted by Crippen LogP contribution is 2.25. The number of likely N-dealkylation sites (tertiary alicyclic amines) is 1. The van der Waals surface area contributed by atoms with Crippen LogP contribution in [-0.2, 0) is 10.0 Å². The number of halogens is 1. The van der Waals surface area contributed by atoms with Crippen LogP contribution in [0, 0.1) is 5.92 Å². The van der Waals surface area contributed by atoms with Gasteiger partial charge in [0.15, 0.2) is 0 Å². The molecule has 2 heterocycles. The van der Waals surface area contributed by atoms with E-state index < -0.39 is 10.0 Å². The molecule has 1 aromatic heterocycles. The number of thiophene rings is 1. The molecule has 2 rings (SSSR count). The van der Waals surface area contributed by atoms with Crippen LogP contribution in [0.3, 0.4) is 0 Å². The van der Waals surface area contributed by atoms with Crippen molar-refractivity contribution in [3.05, 3.63) is 15.9 Å². The Kier molecular flexibility index (Phi) is 5.42. The molecule has 1 fully saturated rings. The number of nitrogens with zero attached hydrogens (tertiary/aromatic N) is 1. The normalized spacial score (nSPS) is 21.7. The van der Waals surface area contributed by atoms with Crippen molar-refractivity contribution in [2.24, 2.45) is 5.92 Å². The summed E-state index contributed by atoms with van der Waals surface area (Å²) in [6.07, 6.45) is 2.50. The van der Waals surface area contributed by atoms with Crippen LogP contribution in [0.2, 0.25) is 0 Å². The summed E-state index contributed by atoms with van der Waals surface area (Å²) >= 11 is 4.51. The fourth-order valence-electron chi connectivity index (χ4n) is 2.34. The van der Waals surface area contributed by atoms with Crippen molar-refractivity contribution in [3.63, 3.8) is 0 Å². The van der Waals surface area contributed by atoms with Crippen molar-refractivity contribution in [3.8, 4) is 0 Å². The fourth-order valence-corrected chi connectivity index (χ4v) is 5.42. The van der Waals surface area contributed by atoms with Crippen LogP contribution in [0.4, 0.5) is 0 Å². The molecule has 0 radical (unpaired) electrons. The molecule has 0 aliphatic carbocycles. The molecule has 19 heavy (non-hydrogen) atoms. The Morgan fingerprint density at radius 3 is 2.95 bits per heavy atom. The van der Waals surface area contributed by atoms with Gasteiger partial charge in [-0.05, 0) is 53.4 Å². The Morgan fingerprint density at radius 1 is 1.53 bits per heavy atom. The first-order chi connectivity index (χ1) is 8.97. The third-order valence-electron chi connectivity index (χ3n) is 3.27. The lowest BCUT2D eigenvalue weighted by molar-refractivity contribution is 0.187. The minimum atomic E-state index is -3.34. The number of hydrogen-bond donors (Lipinski definition) is 1. The van der Waals surface area contributed by atoms with Crippen LogP contribution >= 0.6 is 27.3 Å². The van der Waals surface area contributed by atoms with Gasteiger partial charge in [0.05, 0.1) is 3.79 Å². The van der Waals surface area contributed by atoms with Crippen LogP contribution in [0.5, 0.6) is 0 Å². The van der Waals surface area contributed by atoms with Crippen LogP contribution in [0.15, 0.2) is 20.1 Å². The van der Waals surface area contributed by atoms with Gasteiger partial charge in [-0.25, -0.2) is 13.1 Å². The molecule has 1 atom stereocenters. The van der Waals surface area contributed by atoms with E-state index in [1.54, 1.807) is 12.1 Å². The molecular weight excluding hydrogens is 348 g/mol. The first-order valence-electron chi connectivity index (χ1n) is 6.45. The van der Waals surface area contributed by atoms with Gasteiger partial charge in [0.25, 0.3) is 0 Å². The molecule has 0 bridgehead atoms. The van der Waals surface area contributed by atoms with E-state index in [2.05, 4.69) is 32.5 Å². The van der Waals surface area contributed by atoms with Gasteiger partial charge >= 0.3 is 0 Å². The molecule has 0 amide bonds. The maximum atomic E-state index is 12.0. The molecule has 1 aromatic rings. The minimum absolute atomic E-state index is 0.367. The molecular formula is C12H19BrN2O2S2. The average Bonchev–Trinajstić information content (AvgIpc) is 2.76. The summed E-state index contributed by atoms with van der Waals surface area (Å²) in [5.41, 5.74) is 0. The zero-order valence-corrected chi connectivity index (χ0v) is 14.2. The van der Waals surface area contributed by atoms with Crippen LogP contribution in [0.1, 0.15) is 19.8 Å². The van der Waals surface area contributed by atoms with Gasteiger partial charge in [-0.1, -0.05) is 6.92 Å². The van der Waals surface area contributed by atoms with Gasteiger partial charge in [0.2, 0.25) is 10.0 Å². The summed E-state index contributed by atoms with van der Waals surface area (Å²) in [4.78, 5) is 2.33. The first-order valence-corrected chi connectivity index (χ1v) is 9.54. The molecule has 1 N–H and O–H groups in total. The summed E-state index contributed by atoms with van der Waals surface area (Å²) in [5, 5.41) is 0. The number of nitrogens with one attached hydrogen (secondary N) is 1. The summed E-state index contributed by atoms with van der Waals surface area (Å²) < 4.78 is 27.9. The van der Waals surface area contributed by atoms with E-state index in [0.29, 0.717) is 10.8 Å². The first kappa shape index (κ1) is 15.4. The van der Waals surface area contributed by atoms with Crippen LogP contribution in [-0.4, -0.2) is 39.5 Å². The molecule has 1 aliphatic heterocycles. The lowest BCUT2D eigenvalue weighted by atomic mass is 10.0. The van der Waals surface area contributed by atoms with Crippen molar-refractivity contribution in [1.82, 2.24) is 9.62 Å². The predicted molar refractivity (Wildman–Crippen MR) is 82.0 cm³/mol. The maximum Gasteiger partial charge on any atom is 0.250 e. The Balaban J connectivity index is 1.82. The van der Waals surface area contributed by atoms with Crippen molar-refractivity contribution in [2.45, 2.75) is 24.0 Å². The topological polar surface area (TPSA) is 49.4 Å². The van der Waals surface area contributed by atoms with Crippen LogP contribution < -0.4 is 4.72 Å². The smallest absolute Gasteiger partial charge is 0.250 e. The highest BCUT2D eigenvalue weighted by atomic mass is 79.9. The summed E-state index contributed by atoms with van der Waals surface area (Å²) in [5.74, 6) is 0.721. The second kappa shape index (κ2) is 6.67. The van der Waals surface area contributed by atoms with Crippen molar-refractivity contribution < 1.29 is 8.42 Å². The average molecular weight is 367 g/mol. The lowest BCUT2D eigenvalue weighted by Crippen LogP contribution is -2.39. The molecule has 7 heteroatoms. The van der Waals surface area contributed by atoms with E-state index in [9.17, 15) is 8.42 Å². The predicted octanol–water partition coefficient (Wildman–Crippen LogP) is 2.52. The van der Waals surface area contributed by atoms with Gasteiger partial charge in [-0.15, -0.1) is 11.3 Å². The van der Waals surface area contributed by atoms with E-state index in [1.165, 1.54) is 24.2 Å².